The van der Waals surface area contributed by atoms with Crippen molar-refractivity contribution >= 4 is 27.5 Å². The summed E-state index contributed by atoms with van der Waals surface area (Å²) >= 11 is 0. The highest BCUT2D eigenvalue weighted by Crippen LogP contribution is 2.38. The first kappa shape index (κ1) is 13.8. The molecule has 1 heterocycles. The van der Waals surface area contributed by atoms with Crippen LogP contribution in [0.5, 0.6) is 0 Å². The molecule has 0 amide bonds. The molecule has 112 valence electrons. The fraction of sp³-hybridized carbons (Fsp3) is 0.0952. The van der Waals surface area contributed by atoms with E-state index in [2.05, 4.69) is 66.5 Å². The molecule has 0 radical (unpaired) electrons. The van der Waals surface area contributed by atoms with Gasteiger partial charge >= 0.3 is 0 Å². The monoisotopic (exact) mass is 298 g/mol. The lowest BCUT2D eigenvalue weighted by Gasteiger charge is -2.16. The van der Waals surface area contributed by atoms with Gasteiger partial charge in [-0.3, -0.25) is 0 Å². The molecule has 3 aromatic carbocycles. The average molecular weight is 298 g/mol. The predicted octanol–water partition coefficient (Wildman–Crippen LogP) is 5.20. The fourth-order valence-electron chi connectivity index (χ4n) is 3.38. The third kappa shape index (κ3) is 2.15. The minimum absolute atomic E-state index is 0.633. The number of fused-ring (bicyclic) bond motifs is 2. The first-order valence-electron chi connectivity index (χ1n) is 7.95. The van der Waals surface area contributed by atoms with E-state index in [1.807, 2.05) is 12.1 Å². The van der Waals surface area contributed by atoms with Crippen molar-refractivity contribution in [3.8, 4) is 11.1 Å². The number of aromatic nitrogens is 1. The molecule has 4 aromatic rings. The van der Waals surface area contributed by atoms with Crippen molar-refractivity contribution < 1.29 is 0 Å². The van der Waals surface area contributed by atoms with Crippen LogP contribution in [0.1, 0.15) is 12.5 Å². The minimum atomic E-state index is 0.633. The minimum Gasteiger partial charge on any atom is -0.383 e. The molecule has 2 heteroatoms. The van der Waals surface area contributed by atoms with E-state index < -0.39 is 0 Å². The largest absolute Gasteiger partial charge is 0.383 e. The summed E-state index contributed by atoms with van der Waals surface area (Å²) in [6.45, 7) is 2.14. The maximum Gasteiger partial charge on any atom is 0.127 e. The van der Waals surface area contributed by atoms with Gasteiger partial charge in [0.1, 0.15) is 5.82 Å². The first-order chi connectivity index (χ1) is 11.3. The van der Waals surface area contributed by atoms with Crippen molar-refractivity contribution in [2.24, 2.45) is 0 Å². The Morgan fingerprint density at radius 2 is 1.52 bits per heavy atom. The van der Waals surface area contributed by atoms with Crippen LogP contribution in [0.25, 0.3) is 32.8 Å². The zero-order chi connectivity index (χ0) is 15.8. The van der Waals surface area contributed by atoms with Crippen molar-refractivity contribution in [2.45, 2.75) is 13.3 Å². The molecule has 2 N–H and O–H groups in total. The van der Waals surface area contributed by atoms with Gasteiger partial charge in [-0.25, -0.2) is 4.98 Å². The summed E-state index contributed by atoms with van der Waals surface area (Å²) in [6.07, 6.45) is 0.863. The van der Waals surface area contributed by atoms with Gasteiger partial charge in [-0.05, 0) is 34.4 Å². The standard InChI is InChI=1S/C21H18N2/c1-2-15-20(18-11-5-6-13-19(18)23-21(15)22)17-12-7-9-14-8-3-4-10-16(14)17/h3-13H,2H2,1H3,(H2,22,23). The Hall–Kier alpha value is -2.87. The highest BCUT2D eigenvalue weighted by atomic mass is 14.8. The second-order valence-electron chi connectivity index (χ2n) is 5.75. The topological polar surface area (TPSA) is 38.9 Å². The van der Waals surface area contributed by atoms with Crippen LogP contribution in [0, 0.1) is 0 Å². The third-order valence-corrected chi connectivity index (χ3v) is 4.44. The number of nitrogens with zero attached hydrogens (tertiary/aromatic N) is 1. The highest BCUT2D eigenvalue weighted by Gasteiger charge is 2.15. The second-order valence-corrected chi connectivity index (χ2v) is 5.75. The summed E-state index contributed by atoms with van der Waals surface area (Å²) in [5, 5.41) is 3.65. The van der Waals surface area contributed by atoms with E-state index in [1.54, 1.807) is 0 Å². The molecule has 0 fully saturated rings. The zero-order valence-electron chi connectivity index (χ0n) is 13.1. The van der Waals surface area contributed by atoms with Gasteiger partial charge in [0.25, 0.3) is 0 Å². The average Bonchev–Trinajstić information content (AvgIpc) is 2.60. The van der Waals surface area contributed by atoms with Crippen molar-refractivity contribution in [1.82, 2.24) is 4.98 Å². The van der Waals surface area contributed by atoms with Crippen molar-refractivity contribution in [3.05, 3.63) is 72.3 Å². The Morgan fingerprint density at radius 1 is 0.826 bits per heavy atom. The molecule has 0 unspecified atom stereocenters. The van der Waals surface area contributed by atoms with Crippen LogP contribution in [-0.2, 0) is 6.42 Å². The van der Waals surface area contributed by atoms with E-state index in [-0.39, 0.29) is 0 Å². The number of rotatable bonds is 2. The number of benzene rings is 3. The van der Waals surface area contributed by atoms with Crippen LogP contribution in [-0.4, -0.2) is 4.98 Å². The van der Waals surface area contributed by atoms with Crippen molar-refractivity contribution in [3.63, 3.8) is 0 Å². The van der Waals surface area contributed by atoms with Crippen molar-refractivity contribution in [1.29, 1.82) is 0 Å². The van der Waals surface area contributed by atoms with Gasteiger partial charge in [0.15, 0.2) is 0 Å². The number of hydrogen-bond donors (Lipinski definition) is 1. The molecule has 0 atom stereocenters. The predicted molar refractivity (Wildman–Crippen MR) is 98.5 cm³/mol. The SMILES string of the molecule is CCc1c(N)nc2ccccc2c1-c1cccc2ccccc12. The summed E-state index contributed by atoms with van der Waals surface area (Å²) < 4.78 is 0. The van der Waals surface area contributed by atoms with Gasteiger partial charge < -0.3 is 5.73 Å². The Labute approximate surface area is 135 Å². The highest BCUT2D eigenvalue weighted by molar-refractivity contribution is 6.06. The third-order valence-electron chi connectivity index (χ3n) is 4.44. The number of anilines is 1. The Balaban J connectivity index is 2.19. The van der Waals surface area contributed by atoms with Crippen LogP contribution >= 0.6 is 0 Å². The van der Waals surface area contributed by atoms with Crippen LogP contribution in [0.15, 0.2) is 66.7 Å². The maximum atomic E-state index is 6.27. The van der Waals surface area contributed by atoms with E-state index in [0.717, 1.165) is 22.9 Å². The molecule has 2 nitrogen and oxygen atoms in total. The van der Waals surface area contributed by atoms with Gasteiger partial charge in [-0.1, -0.05) is 67.6 Å². The molecule has 0 saturated carbocycles. The van der Waals surface area contributed by atoms with Crippen LogP contribution < -0.4 is 5.73 Å². The normalized spacial score (nSPS) is 11.2. The van der Waals surface area contributed by atoms with Gasteiger partial charge in [0, 0.05) is 10.9 Å². The molecular weight excluding hydrogens is 280 g/mol. The summed E-state index contributed by atoms with van der Waals surface area (Å²) in [5.41, 5.74) is 10.8. The van der Waals surface area contributed by atoms with Gasteiger partial charge in [-0.15, -0.1) is 0 Å². The molecule has 1 aromatic heterocycles. The number of hydrogen-bond acceptors (Lipinski definition) is 2. The van der Waals surface area contributed by atoms with E-state index in [1.165, 1.54) is 21.9 Å². The molecule has 0 spiro atoms. The lowest BCUT2D eigenvalue weighted by molar-refractivity contribution is 1.13. The molecular formula is C21H18N2. The summed E-state index contributed by atoms with van der Waals surface area (Å²) in [7, 11) is 0. The quantitative estimate of drug-likeness (QED) is 0.552. The summed E-state index contributed by atoms with van der Waals surface area (Å²) in [5.74, 6) is 0.633. The lowest BCUT2D eigenvalue weighted by atomic mass is 9.91. The van der Waals surface area contributed by atoms with Gasteiger partial charge in [0.05, 0.1) is 5.52 Å². The Bertz CT molecular complexity index is 1010. The molecule has 23 heavy (non-hydrogen) atoms. The molecule has 0 aliphatic rings. The number of para-hydroxylation sites is 1. The summed E-state index contributed by atoms with van der Waals surface area (Å²) in [6, 6.07) is 23.2. The second kappa shape index (κ2) is 5.40. The maximum absolute atomic E-state index is 6.27. The zero-order valence-corrected chi connectivity index (χ0v) is 13.1. The van der Waals surface area contributed by atoms with E-state index in [4.69, 9.17) is 5.73 Å². The number of nitrogens with two attached hydrogens (primary N) is 1. The van der Waals surface area contributed by atoms with Crippen LogP contribution in [0.2, 0.25) is 0 Å². The molecule has 0 saturated heterocycles. The Morgan fingerprint density at radius 3 is 2.35 bits per heavy atom. The smallest absolute Gasteiger partial charge is 0.127 e. The molecule has 0 aliphatic carbocycles. The molecule has 0 aliphatic heterocycles. The first-order valence-corrected chi connectivity index (χ1v) is 7.95. The van der Waals surface area contributed by atoms with E-state index in [0.29, 0.717) is 5.82 Å². The Kier molecular flexibility index (Phi) is 3.23. The van der Waals surface area contributed by atoms with Crippen LogP contribution in [0.4, 0.5) is 5.82 Å². The molecule has 4 rings (SSSR count). The fourth-order valence-corrected chi connectivity index (χ4v) is 3.38. The van der Waals surface area contributed by atoms with Gasteiger partial charge in [-0.2, -0.15) is 0 Å². The van der Waals surface area contributed by atoms with E-state index in [9.17, 15) is 0 Å². The van der Waals surface area contributed by atoms with Crippen LogP contribution in [0.3, 0.4) is 0 Å². The lowest BCUT2D eigenvalue weighted by Crippen LogP contribution is -2.01. The van der Waals surface area contributed by atoms with E-state index >= 15 is 0 Å². The summed E-state index contributed by atoms with van der Waals surface area (Å²) in [4.78, 5) is 4.59. The van der Waals surface area contributed by atoms with Crippen molar-refractivity contribution in [2.75, 3.05) is 5.73 Å². The van der Waals surface area contributed by atoms with Gasteiger partial charge in [0.2, 0.25) is 0 Å². The number of pyridine rings is 1. The molecule has 0 bridgehead atoms. The number of nitrogen functional groups attached to an aromatic ring is 1.